The van der Waals surface area contributed by atoms with Crippen molar-refractivity contribution in [3.8, 4) is 0 Å². The number of carbonyl (C=O) groups excluding carboxylic acids is 1. The highest BCUT2D eigenvalue weighted by atomic mass is 16.1. The zero-order valence-electron chi connectivity index (χ0n) is 18.1. The topological polar surface area (TPSA) is 83.3 Å². The van der Waals surface area contributed by atoms with E-state index in [1.807, 2.05) is 41.4 Å². The lowest BCUT2D eigenvalue weighted by atomic mass is 10.1. The van der Waals surface area contributed by atoms with Gasteiger partial charge in [0.15, 0.2) is 5.96 Å². The van der Waals surface area contributed by atoms with Crippen molar-refractivity contribution < 1.29 is 4.79 Å². The second-order valence-electron chi connectivity index (χ2n) is 7.21. The first-order chi connectivity index (χ1) is 15.2. The number of nitrogens with one attached hydrogen (secondary N) is 3. The fraction of sp³-hybridized carbons (Fsp3) is 0.292. The monoisotopic (exact) mass is 418 g/mol. The highest BCUT2D eigenvalue weighted by Crippen LogP contribution is 2.09. The van der Waals surface area contributed by atoms with Crippen LogP contribution in [-0.4, -0.2) is 41.6 Å². The van der Waals surface area contributed by atoms with Gasteiger partial charge in [0.2, 0.25) is 0 Å². The van der Waals surface area contributed by atoms with Gasteiger partial charge in [-0.3, -0.25) is 4.79 Å². The van der Waals surface area contributed by atoms with Crippen LogP contribution in [0.1, 0.15) is 34.0 Å². The zero-order valence-corrected chi connectivity index (χ0v) is 18.1. The van der Waals surface area contributed by atoms with Crippen LogP contribution in [0.3, 0.4) is 0 Å². The summed E-state index contributed by atoms with van der Waals surface area (Å²) in [6, 6.07) is 16.1. The molecule has 3 aromatic rings. The Labute approximate surface area is 183 Å². The number of carbonyl (C=O) groups is 1. The zero-order chi connectivity index (χ0) is 21.9. The number of amides is 1. The third kappa shape index (κ3) is 6.99. The average Bonchev–Trinajstić information content (AvgIpc) is 3.30. The van der Waals surface area contributed by atoms with E-state index in [-0.39, 0.29) is 5.91 Å². The van der Waals surface area contributed by atoms with Crippen LogP contribution in [0.25, 0.3) is 0 Å². The Kier molecular flexibility index (Phi) is 8.22. The molecule has 3 rings (SSSR count). The summed E-state index contributed by atoms with van der Waals surface area (Å²) in [5, 5.41) is 9.33. The van der Waals surface area contributed by atoms with Gasteiger partial charge in [0.1, 0.15) is 0 Å². The molecule has 0 atom stereocenters. The summed E-state index contributed by atoms with van der Waals surface area (Å²) in [6.45, 7) is 4.96. The minimum absolute atomic E-state index is 0.0695. The molecular weight excluding hydrogens is 388 g/mol. The summed E-state index contributed by atoms with van der Waals surface area (Å²) >= 11 is 0. The van der Waals surface area contributed by atoms with E-state index in [1.54, 1.807) is 13.2 Å². The number of benzene rings is 2. The van der Waals surface area contributed by atoms with Crippen LogP contribution in [-0.2, 0) is 19.5 Å². The van der Waals surface area contributed by atoms with Crippen molar-refractivity contribution in [3.05, 3.63) is 89.5 Å². The van der Waals surface area contributed by atoms with Crippen LogP contribution in [0.2, 0.25) is 0 Å². The predicted octanol–water partition coefficient (Wildman–Crippen LogP) is 2.59. The Balaban J connectivity index is 1.56. The summed E-state index contributed by atoms with van der Waals surface area (Å²) in [6.07, 6.45) is 6.37. The number of aliphatic imine (C=N–C) groups is 1. The standard InChI is InChI=1S/C24H30N6O/c1-3-27-24(28-11-10-19-6-5-9-22(15-19)23(31)25-2)29-16-20-7-4-8-21(14-20)17-30-13-12-26-18-30/h4-9,12-15,18H,3,10-11,16-17H2,1-2H3,(H,25,31)(H2,27,28,29). The third-order valence-corrected chi connectivity index (χ3v) is 4.80. The van der Waals surface area contributed by atoms with Crippen molar-refractivity contribution in [2.45, 2.75) is 26.4 Å². The molecule has 0 aliphatic heterocycles. The van der Waals surface area contributed by atoms with Gasteiger partial charge in [-0.2, -0.15) is 0 Å². The van der Waals surface area contributed by atoms with E-state index < -0.39 is 0 Å². The summed E-state index contributed by atoms with van der Waals surface area (Å²) in [5.41, 5.74) is 4.17. The van der Waals surface area contributed by atoms with E-state index in [0.717, 1.165) is 43.1 Å². The molecule has 1 aromatic heterocycles. The Morgan fingerprint density at radius 3 is 2.65 bits per heavy atom. The molecule has 3 N–H and O–H groups in total. The molecule has 1 heterocycles. The van der Waals surface area contributed by atoms with E-state index in [2.05, 4.69) is 52.1 Å². The van der Waals surface area contributed by atoms with Gasteiger partial charge in [0.25, 0.3) is 5.91 Å². The fourth-order valence-electron chi connectivity index (χ4n) is 3.27. The van der Waals surface area contributed by atoms with Crippen LogP contribution in [0.4, 0.5) is 0 Å². The van der Waals surface area contributed by atoms with E-state index in [1.165, 1.54) is 5.56 Å². The molecule has 0 aliphatic rings. The Bertz CT molecular complexity index is 997. The first-order valence-corrected chi connectivity index (χ1v) is 10.5. The molecule has 31 heavy (non-hydrogen) atoms. The molecule has 0 radical (unpaired) electrons. The molecule has 7 nitrogen and oxygen atoms in total. The SMILES string of the molecule is CCNC(=NCc1cccc(Cn2ccnc2)c1)NCCc1cccc(C(=O)NC)c1. The van der Waals surface area contributed by atoms with Gasteiger partial charge in [-0.15, -0.1) is 0 Å². The molecule has 0 saturated heterocycles. The van der Waals surface area contributed by atoms with Crippen LogP contribution in [0, 0.1) is 0 Å². The number of nitrogens with zero attached hydrogens (tertiary/aromatic N) is 3. The summed E-state index contributed by atoms with van der Waals surface area (Å²) in [4.78, 5) is 20.6. The lowest BCUT2D eigenvalue weighted by molar-refractivity contribution is 0.0963. The van der Waals surface area contributed by atoms with Crippen molar-refractivity contribution >= 4 is 11.9 Å². The summed E-state index contributed by atoms with van der Waals surface area (Å²) < 4.78 is 2.05. The Hall–Kier alpha value is -3.61. The highest BCUT2D eigenvalue weighted by molar-refractivity contribution is 5.94. The fourth-order valence-corrected chi connectivity index (χ4v) is 3.27. The first kappa shape index (κ1) is 22.1. The molecule has 0 spiro atoms. The van der Waals surface area contributed by atoms with Gasteiger partial charge in [0.05, 0.1) is 12.9 Å². The average molecular weight is 419 g/mol. The number of rotatable bonds is 9. The van der Waals surface area contributed by atoms with Crippen LogP contribution < -0.4 is 16.0 Å². The van der Waals surface area contributed by atoms with Crippen molar-refractivity contribution in [3.63, 3.8) is 0 Å². The molecule has 7 heteroatoms. The summed E-state index contributed by atoms with van der Waals surface area (Å²) in [7, 11) is 1.64. The minimum atomic E-state index is -0.0695. The highest BCUT2D eigenvalue weighted by Gasteiger charge is 2.04. The van der Waals surface area contributed by atoms with Crippen LogP contribution in [0.15, 0.2) is 72.2 Å². The number of imidazole rings is 1. The second-order valence-corrected chi connectivity index (χ2v) is 7.21. The van der Waals surface area contributed by atoms with Crippen molar-refractivity contribution in [1.82, 2.24) is 25.5 Å². The van der Waals surface area contributed by atoms with Crippen molar-refractivity contribution in [1.29, 1.82) is 0 Å². The number of aromatic nitrogens is 2. The van der Waals surface area contributed by atoms with Gasteiger partial charge in [-0.05, 0) is 42.2 Å². The maximum absolute atomic E-state index is 11.8. The molecule has 2 aromatic carbocycles. The quantitative estimate of drug-likeness (QED) is 0.368. The van der Waals surface area contributed by atoms with E-state index in [9.17, 15) is 4.79 Å². The number of hydrogen-bond donors (Lipinski definition) is 3. The second kappa shape index (κ2) is 11.5. The third-order valence-electron chi connectivity index (χ3n) is 4.80. The lowest BCUT2D eigenvalue weighted by Gasteiger charge is -2.12. The lowest BCUT2D eigenvalue weighted by Crippen LogP contribution is -2.38. The summed E-state index contributed by atoms with van der Waals surface area (Å²) in [5.74, 6) is 0.713. The van der Waals surface area contributed by atoms with Gasteiger partial charge in [-0.25, -0.2) is 9.98 Å². The largest absolute Gasteiger partial charge is 0.357 e. The predicted molar refractivity (Wildman–Crippen MR) is 124 cm³/mol. The number of hydrogen-bond acceptors (Lipinski definition) is 3. The van der Waals surface area contributed by atoms with Gasteiger partial charge in [0, 0.05) is 44.6 Å². The van der Waals surface area contributed by atoms with Crippen molar-refractivity contribution in [2.24, 2.45) is 4.99 Å². The first-order valence-electron chi connectivity index (χ1n) is 10.5. The maximum atomic E-state index is 11.8. The maximum Gasteiger partial charge on any atom is 0.251 e. The van der Waals surface area contributed by atoms with Gasteiger partial charge >= 0.3 is 0 Å². The molecule has 0 unspecified atom stereocenters. The molecule has 0 saturated carbocycles. The number of guanidine groups is 1. The molecular formula is C24H30N6O. The van der Waals surface area contributed by atoms with Gasteiger partial charge < -0.3 is 20.5 Å². The van der Waals surface area contributed by atoms with E-state index in [0.29, 0.717) is 12.1 Å². The minimum Gasteiger partial charge on any atom is -0.357 e. The van der Waals surface area contributed by atoms with Crippen molar-refractivity contribution in [2.75, 3.05) is 20.1 Å². The smallest absolute Gasteiger partial charge is 0.251 e. The van der Waals surface area contributed by atoms with Gasteiger partial charge in [-0.1, -0.05) is 36.4 Å². The normalized spacial score (nSPS) is 11.2. The molecule has 162 valence electrons. The molecule has 0 aliphatic carbocycles. The molecule has 0 fully saturated rings. The van der Waals surface area contributed by atoms with Crippen LogP contribution in [0.5, 0.6) is 0 Å². The molecule has 1 amide bonds. The molecule has 0 bridgehead atoms. The van der Waals surface area contributed by atoms with Crippen LogP contribution >= 0.6 is 0 Å². The van der Waals surface area contributed by atoms with E-state index in [4.69, 9.17) is 4.99 Å². The Morgan fingerprint density at radius 1 is 1.06 bits per heavy atom. The Morgan fingerprint density at radius 2 is 1.87 bits per heavy atom. The van der Waals surface area contributed by atoms with E-state index >= 15 is 0 Å².